The Morgan fingerprint density at radius 2 is 2.48 bits per heavy atom. The predicted molar refractivity (Wildman–Crippen MR) is 91.1 cm³/mol. The zero-order chi connectivity index (χ0) is 14.9. The van der Waals surface area contributed by atoms with E-state index < -0.39 is 0 Å². The van der Waals surface area contributed by atoms with Gasteiger partial charge in [-0.25, -0.2) is 0 Å². The summed E-state index contributed by atoms with van der Waals surface area (Å²) in [6.45, 7) is 5.13. The SMILES string of the molecule is CCC(C)NC(=NCCc1ccco1)NC1CCCSC1. The highest BCUT2D eigenvalue weighted by Crippen LogP contribution is 2.16. The topological polar surface area (TPSA) is 49.6 Å². The minimum absolute atomic E-state index is 0.441. The fourth-order valence-electron chi connectivity index (χ4n) is 2.25. The Morgan fingerprint density at radius 3 is 3.14 bits per heavy atom. The maximum absolute atomic E-state index is 5.35. The van der Waals surface area contributed by atoms with Crippen LogP contribution in [0.5, 0.6) is 0 Å². The van der Waals surface area contributed by atoms with E-state index in [1.165, 1.54) is 24.3 Å². The van der Waals surface area contributed by atoms with Crippen LogP contribution < -0.4 is 10.6 Å². The summed E-state index contributed by atoms with van der Waals surface area (Å²) in [7, 11) is 0. The minimum atomic E-state index is 0.441. The van der Waals surface area contributed by atoms with Crippen LogP contribution >= 0.6 is 11.8 Å². The largest absolute Gasteiger partial charge is 0.469 e. The first-order valence-electron chi connectivity index (χ1n) is 7.95. The van der Waals surface area contributed by atoms with Crippen molar-refractivity contribution in [3.63, 3.8) is 0 Å². The Kier molecular flexibility index (Phi) is 7.00. The highest BCUT2D eigenvalue weighted by molar-refractivity contribution is 7.99. The molecule has 2 rings (SSSR count). The van der Waals surface area contributed by atoms with E-state index in [0.717, 1.165) is 31.1 Å². The van der Waals surface area contributed by atoms with E-state index in [9.17, 15) is 0 Å². The smallest absolute Gasteiger partial charge is 0.191 e. The van der Waals surface area contributed by atoms with Crippen LogP contribution in [0.15, 0.2) is 27.8 Å². The first-order valence-corrected chi connectivity index (χ1v) is 9.11. The van der Waals surface area contributed by atoms with E-state index in [4.69, 9.17) is 9.41 Å². The van der Waals surface area contributed by atoms with Gasteiger partial charge in [0.25, 0.3) is 0 Å². The molecule has 21 heavy (non-hydrogen) atoms. The second kappa shape index (κ2) is 9.03. The summed E-state index contributed by atoms with van der Waals surface area (Å²) in [5, 5.41) is 7.08. The van der Waals surface area contributed by atoms with Crippen molar-refractivity contribution < 1.29 is 4.42 Å². The van der Waals surface area contributed by atoms with Gasteiger partial charge in [0.15, 0.2) is 5.96 Å². The van der Waals surface area contributed by atoms with E-state index in [-0.39, 0.29) is 0 Å². The zero-order valence-electron chi connectivity index (χ0n) is 13.1. The Balaban J connectivity index is 1.86. The number of nitrogens with one attached hydrogen (secondary N) is 2. The maximum atomic E-state index is 5.35. The van der Waals surface area contributed by atoms with Gasteiger partial charge < -0.3 is 15.1 Å². The maximum Gasteiger partial charge on any atom is 0.191 e. The monoisotopic (exact) mass is 309 g/mol. The van der Waals surface area contributed by atoms with Gasteiger partial charge >= 0.3 is 0 Å². The van der Waals surface area contributed by atoms with E-state index >= 15 is 0 Å². The van der Waals surface area contributed by atoms with Gasteiger partial charge in [-0.3, -0.25) is 4.99 Å². The first-order chi connectivity index (χ1) is 10.3. The number of rotatable bonds is 6. The molecule has 1 aromatic rings. The highest BCUT2D eigenvalue weighted by atomic mass is 32.2. The van der Waals surface area contributed by atoms with Crippen LogP contribution in [0.25, 0.3) is 0 Å². The molecule has 1 saturated heterocycles. The molecule has 0 bridgehead atoms. The molecule has 0 aliphatic carbocycles. The van der Waals surface area contributed by atoms with Crippen molar-refractivity contribution in [1.82, 2.24) is 10.6 Å². The van der Waals surface area contributed by atoms with Gasteiger partial charge in [-0.1, -0.05) is 6.92 Å². The Morgan fingerprint density at radius 1 is 1.57 bits per heavy atom. The van der Waals surface area contributed by atoms with Crippen molar-refractivity contribution >= 4 is 17.7 Å². The van der Waals surface area contributed by atoms with E-state index in [0.29, 0.717) is 12.1 Å². The van der Waals surface area contributed by atoms with Gasteiger partial charge in [-0.15, -0.1) is 0 Å². The molecule has 0 aromatic carbocycles. The van der Waals surface area contributed by atoms with Crippen LogP contribution in [0.3, 0.4) is 0 Å². The quantitative estimate of drug-likeness (QED) is 0.626. The zero-order valence-corrected chi connectivity index (χ0v) is 13.9. The van der Waals surface area contributed by atoms with Crippen LogP contribution in [-0.2, 0) is 6.42 Å². The molecule has 118 valence electrons. The molecular weight excluding hydrogens is 282 g/mol. The van der Waals surface area contributed by atoms with Gasteiger partial charge in [0, 0.05) is 30.8 Å². The molecule has 0 spiro atoms. The van der Waals surface area contributed by atoms with Crippen molar-refractivity contribution in [3.05, 3.63) is 24.2 Å². The molecule has 0 amide bonds. The normalized spacial score (nSPS) is 21.0. The second-order valence-corrected chi connectivity index (χ2v) is 6.72. The van der Waals surface area contributed by atoms with Gasteiger partial charge in [0.1, 0.15) is 5.76 Å². The van der Waals surface area contributed by atoms with Crippen molar-refractivity contribution in [3.8, 4) is 0 Å². The Bertz CT molecular complexity index is 413. The third kappa shape index (κ3) is 6.04. The van der Waals surface area contributed by atoms with E-state index in [1.807, 2.05) is 23.9 Å². The summed E-state index contributed by atoms with van der Waals surface area (Å²) in [6.07, 6.45) is 6.20. The number of furan rings is 1. The van der Waals surface area contributed by atoms with Gasteiger partial charge in [-0.2, -0.15) is 11.8 Å². The fourth-order valence-corrected chi connectivity index (χ4v) is 3.32. The summed E-state index contributed by atoms with van der Waals surface area (Å²) >= 11 is 2.03. The highest BCUT2D eigenvalue weighted by Gasteiger charge is 2.15. The molecule has 1 aliphatic rings. The summed E-state index contributed by atoms with van der Waals surface area (Å²) in [6, 6.07) is 4.91. The number of nitrogens with zero attached hydrogens (tertiary/aromatic N) is 1. The molecule has 0 saturated carbocycles. The molecule has 2 unspecified atom stereocenters. The van der Waals surface area contributed by atoms with Gasteiger partial charge in [0.2, 0.25) is 0 Å². The van der Waals surface area contributed by atoms with Crippen LogP contribution in [-0.4, -0.2) is 36.1 Å². The van der Waals surface area contributed by atoms with Crippen molar-refractivity contribution in [2.45, 2.75) is 51.6 Å². The Labute approximate surface area is 132 Å². The molecule has 1 aromatic heterocycles. The van der Waals surface area contributed by atoms with Crippen LogP contribution in [0, 0.1) is 0 Å². The third-order valence-corrected chi connectivity index (χ3v) is 4.92. The van der Waals surface area contributed by atoms with Gasteiger partial charge in [-0.05, 0) is 44.1 Å². The summed E-state index contributed by atoms with van der Waals surface area (Å²) in [4.78, 5) is 4.71. The second-order valence-electron chi connectivity index (χ2n) is 5.57. The molecule has 5 heteroatoms. The molecule has 2 heterocycles. The molecule has 2 N–H and O–H groups in total. The van der Waals surface area contributed by atoms with Crippen LogP contribution in [0.1, 0.15) is 38.9 Å². The number of aliphatic imine (C=N–C) groups is 1. The van der Waals surface area contributed by atoms with Crippen molar-refractivity contribution in [2.24, 2.45) is 4.99 Å². The van der Waals surface area contributed by atoms with E-state index in [2.05, 4.69) is 24.5 Å². The lowest BCUT2D eigenvalue weighted by Crippen LogP contribution is -2.48. The molecule has 4 nitrogen and oxygen atoms in total. The molecule has 2 atom stereocenters. The molecule has 0 radical (unpaired) electrons. The summed E-state index contributed by atoms with van der Waals surface area (Å²) in [5.41, 5.74) is 0. The number of hydrogen-bond acceptors (Lipinski definition) is 3. The minimum Gasteiger partial charge on any atom is -0.469 e. The van der Waals surface area contributed by atoms with Crippen molar-refractivity contribution in [1.29, 1.82) is 0 Å². The van der Waals surface area contributed by atoms with Crippen molar-refractivity contribution in [2.75, 3.05) is 18.1 Å². The lowest BCUT2D eigenvalue weighted by Gasteiger charge is -2.26. The molecule has 1 aliphatic heterocycles. The standard InChI is InChI=1S/C16H27N3OS/c1-3-13(2)18-16(19-14-6-5-11-21-12-14)17-9-8-15-7-4-10-20-15/h4,7,10,13-14H,3,5-6,8-9,11-12H2,1-2H3,(H2,17,18,19). The lowest BCUT2D eigenvalue weighted by atomic mass is 10.2. The predicted octanol–water partition coefficient (Wildman–Crippen LogP) is 3.05. The third-order valence-electron chi connectivity index (χ3n) is 3.70. The molecular formula is C16H27N3OS. The summed E-state index contributed by atoms with van der Waals surface area (Å²) in [5.74, 6) is 4.42. The van der Waals surface area contributed by atoms with E-state index in [1.54, 1.807) is 6.26 Å². The van der Waals surface area contributed by atoms with Gasteiger partial charge in [0.05, 0.1) is 6.26 Å². The van der Waals surface area contributed by atoms with Crippen LogP contribution in [0.4, 0.5) is 0 Å². The van der Waals surface area contributed by atoms with Crippen LogP contribution in [0.2, 0.25) is 0 Å². The number of hydrogen-bond donors (Lipinski definition) is 2. The Hall–Kier alpha value is -1.10. The average Bonchev–Trinajstić information content (AvgIpc) is 3.01. The number of thioether (sulfide) groups is 1. The fraction of sp³-hybridized carbons (Fsp3) is 0.688. The first kappa shape index (κ1) is 16.3. The number of guanidine groups is 1. The average molecular weight is 309 g/mol. The lowest BCUT2D eigenvalue weighted by molar-refractivity contribution is 0.509. The molecule has 1 fully saturated rings. The summed E-state index contributed by atoms with van der Waals surface area (Å²) < 4.78 is 5.35.